The van der Waals surface area contributed by atoms with Gasteiger partial charge in [0.15, 0.2) is 11.9 Å². The molecule has 0 bridgehead atoms. The number of furan rings is 1. The first-order valence-corrected chi connectivity index (χ1v) is 8.95. The number of halogens is 2. The molecule has 3 rings (SSSR count). The monoisotopic (exact) mass is 396 g/mol. The Bertz CT molecular complexity index is 786. The van der Waals surface area contributed by atoms with Gasteiger partial charge in [-0.25, -0.2) is 0 Å². The van der Waals surface area contributed by atoms with Gasteiger partial charge in [-0.15, -0.1) is 0 Å². The quantitative estimate of drug-likeness (QED) is 0.794. The fourth-order valence-electron chi connectivity index (χ4n) is 2.76. The highest BCUT2D eigenvalue weighted by Crippen LogP contribution is 2.32. The lowest BCUT2D eigenvalue weighted by molar-refractivity contribution is -0.139. The van der Waals surface area contributed by atoms with Crippen molar-refractivity contribution in [2.75, 3.05) is 26.2 Å². The Morgan fingerprint density at radius 2 is 1.77 bits per heavy atom. The summed E-state index contributed by atoms with van der Waals surface area (Å²) in [4.78, 5) is 28.2. The fraction of sp³-hybridized carbons (Fsp3) is 0.333. The molecule has 1 aliphatic rings. The number of amides is 2. The predicted molar refractivity (Wildman–Crippen MR) is 97.7 cm³/mol. The van der Waals surface area contributed by atoms with Crippen LogP contribution in [0.1, 0.15) is 17.5 Å². The van der Waals surface area contributed by atoms with Gasteiger partial charge in [0.1, 0.15) is 10.8 Å². The van der Waals surface area contributed by atoms with E-state index in [1.165, 1.54) is 6.26 Å². The third-order valence-corrected chi connectivity index (χ3v) is 4.98. The Labute approximate surface area is 161 Å². The average molecular weight is 397 g/mol. The van der Waals surface area contributed by atoms with E-state index in [1.807, 2.05) is 0 Å². The molecule has 1 aromatic carbocycles. The summed E-state index contributed by atoms with van der Waals surface area (Å²) in [5.74, 6) is 0.340. The average Bonchev–Trinajstić information content (AvgIpc) is 3.19. The lowest BCUT2D eigenvalue weighted by atomic mass is 10.2. The molecule has 138 valence electrons. The summed E-state index contributed by atoms with van der Waals surface area (Å²) in [7, 11) is 0. The highest BCUT2D eigenvalue weighted by molar-refractivity contribution is 6.42. The first-order valence-electron chi connectivity index (χ1n) is 8.19. The summed E-state index contributed by atoms with van der Waals surface area (Å²) < 4.78 is 10.8. The fourth-order valence-corrected chi connectivity index (χ4v) is 3.10. The van der Waals surface area contributed by atoms with Crippen molar-refractivity contribution in [2.45, 2.75) is 13.0 Å². The smallest absolute Gasteiger partial charge is 0.289 e. The lowest BCUT2D eigenvalue weighted by Crippen LogP contribution is -2.53. The number of carbonyl (C=O) groups is 2. The second kappa shape index (κ2) is 8.01. The second-order valence-corrected chi connectivity index (χ2v) is 6.69. The van der Waals surface area contributed by atoms with Gasteiger partial charge in [0.05, 0.1) is 11.3 Å². The molecule has 1 unspecified atom stereocenters. The van der Waals surface area contributed by atoms with Gasteiger partial charge in [-0.2, -0.15) is 0 Å². The van der Waals surface area contributed by atoms with Crippen LogP contribution in [0, 0.1) is 0 Å². The molecule has 2 heterocycles. The third kappa shape index (κ3) is 3.97. The summed E-state index contributed by atoms with van der Waals surface area (Å²) in [6.45, 7) is 3.41. The number of ether oxygens (including phenoxy) is 1. The van der Waals surface area contributed by atoms with Gasteiger partial charge >= 0.3 is 0 Å². The third-order valence-electron chi connectivity index (χ3n) is 4.18. The molecule has 1 fully saturated rings. The maximum absolute atomic E-state index is 12.6. The van der Waals surface area contributed by atoms with Crippen molar-refractivity contribution in [1.29, 1.82) is 0 Å². The molecule has 0 radical (unpaired) electrons. The van der Waals surface area contributed by atoms with Gasteiger partial charge in [-0.1, -0.05) is 29.3 Å². The molecule has 0 saturated carbocycles. The van der Waals surface area contributed by atoms with Crippen LogP contribution in [-0.4, -0.2) is 53.9 Å². The highest BCUT2D eigenvalue weighted by atomic mass is 35.5. The van der Waals surface area contributed by atoms with Crippen LogP contribution in [0.15, 0.2) is 41.0 Å². The minimum Gasteiger partial charge on any atom is -0.479 e. The zero-order valence-electron chi connectivity index (χ0n) is 14.2. The molecule has 1 saturated heterocycles. The summed E-state index contributed by atoms with van der Waals surface area (Å²) in [5.41, 5.74) is 0. The summed E-state index contributed by atoms with van der Waals surface area (Å²) >= 11 is 12.1. The van der Waals surface area contributed by atoms with Crippen LogP contribution in [0.5, 0.6) is 5.75 Å². The van der Waals surface area contributed by atoms with Crippen molar-refractivity contribution in [3.05, 3.63) is 52.4 Å². The van der Waals surface area contributed by atoms with Crippen molar-refractivity contribution in [3.63, 3.8) is 0 Å². The summed E-state index contributed by atoms with van der Waals surface area (Å²) in [5, 5.41) is 0.650. The van der Waals surface area contributed by atoms with Crippen molar-refractivity contribution in [1.82, 2.24) is 9.80 Å². The van der Waals surface area contributed by atoms with Crippen LogP contribution in [0.4, 0.5) is 0 Å². The minimum absolute atomic E-state index is 0.161. The molecule has 1 atom stereocenters. The molecule has 2 amide bonds. The van der Waals surface area contributed by atoms with E-state index in [1.54, 1.807) is 47.1 Å². The first kappa shape index (κ1) is 18.6. The van der Waals surface area contributed by atoms with Crippen molar-refractivity contribution in [2.24, 2.45) is 0 Å². The molecular weight excluding hydrogens is 379 g/mol. The largest absolute Gasteiger partial charge is 0.479 e. The number of rotatable bonds is 4. The molecule has 2 aromatic rings. The number of piperazine rings is 1. The number of nitrogens with zero attached hydrogens (tertiary/aromatic N) is 2. The zero-order chi connectivity index (χ0) is 18.7. The van der Waals surface area contributed by atoms with E-state index in [-0.39, 0.29) is 16.8 Å². The van der Waals surface area contributed by atoms with E-state index < -0.39 is 6.10 Å². The molecule has 0 N–H and O–H groups in total. The van der Waals surface area contributed by atoms with E-state index >= 15 is 0 Å². The van der Waals surface area contributed by atoms with E-state index in [2.05, 4.69) is 0 Å². The number of hydrogen-bond acceptors (Lipinski definition) is 4. The van der Waals surface area contributed by atoms with Gasteiger partial charge < -0.3 is 19.0 Å². The maximum Gasteiger partial charge on any atom is 0.289 e. The molecular formula is C18H18Cl2N2O4. The Balaban J connectivity index is 1.56. The SMILES string of the molecule is CC(Oc1cccc(Cl)c1Cl)C(=O)N1CCN(C(=O)c2ccco2)CC1. The molecule has 6 nitrogen and oxygen atoms in total. The van der Waals surface area contributed by atoms with Crippen LogP contribution in [-0.2, 0) is 4.79 Å². The molecule has 1 aliphatic heterocycles. The van der Waals surface area contributed by atoms with Crippen LogP contribution in [0.2, 0.25) is 10.0 Å². The van der Waals surface area contributed by atoms with E-state index in [0.29, 0.717) is 42.7 Å². The minimum atomic E-state index is -0.710. The number of carbonyl (C=O) groups excluding carboxylic acids is 2. The van der Waals surface area contributed by atoms with Crippen molar-refractivity contribution >= 4 is 35.0 Å². The first-order chi connectivity index (χ1) is 12.5. The summed E-state index contributed by atoms with van der Waals surface area (Å²) in [6, 6.07) is 8.33. The topological polar surface area (TPSA) is 63.0 Å². The van der Waals surface area contributed by atoms with Crippen molar-refractivity contribution < 1.29 is 18.7 Å². The van der Waals surface area contributed by atoms with E-state index in [0.717, 1.165) is 0 Å². The Morgan fingerprint density at radius 1 is 1.08 bits per heavy atom. The van der Waals surface area contributed by atoms with Gasteiger partial charge in [-0.3, -0.25) is 9.59 Å². The Morgan fingerprint density at radius 3 is 2.42 bits per heavy atom. The normalized spacial score (nSPS) is 15.7. The standard InChI is InChI=1S/C18H18Cl2N2O4/c1-12(26-14-5-2-4-13(19)16(14)20)17(23)21-7-9-22(10-8-21)18(24)15-6-3-11-25-15/h2-6,11-12H,7-10H2,1H3. The van der Waals surface area contributed by atoms with Gasteiger partial charge in [0.2, 0.25) is 0 Å². The molecule has 8 heteroatoms. The summed E-state index contributed by atoms with van der Waals surface area (Å²) in [6.07, 6.45) is 0.755. The second-order valence-electron chi connectivity index (χ2n) is 5.91. The zero-order valence-corrected chi connectivity index (χ0v) is 15.7. The predicted octanol–water partition coefficient (Wildman–Crippen LogP) is 3.34. The van der Waals surface area contributed by atoms with Crippen LogP contribution in [0.25, 0.3) is 0 Å². The molecule has 1 aromatic heterocycles. The molecule has 0 aliphatic carbocycles. The van der Waals surface area contributed by atoms with Gasteiger partial charge in [0.25, 0.3) is 11.8 Å². The Hall–Kier alpha value is -2.18. The number of hydrogen-bond donors (Lipinski definition) is 0. The number of benzene rings is 1. The maximum atomic E-state index is 12.6. The van der Waals surface area contributed by atoms with Gasteiger partial charge in [-0.05, 0) is 31.2 Å². The lowest BCUT2D eigenvalue weighted by Gasteiger charge is -2.35. The highest BCUT2D eigenvalue weighted by Gasteiger charge is 2.29. The van der Waals surface area contributed by atoms with Crippen LogP contribution >= 0.6 is 23.2 Å². The van der Waals surface area contributed by atoms with Gasteiger partial charge in [0, 0.05) is 26.2 Å². The Kier molecular flexibility index (Phi) is 5.74. The van der Waals surface area contributed by atoms with Crippen LogP contribution < -0.4 is 4.74 Å². The molecule has 0 spiro atoms. The van der Waals surface area contributed by atoms with Crippen LogP contribution in [0.3, 0.4) is 0 Å². The van der Waals surface area contributed by atoms with E-state index in [9.17, 15) is 9.59 Å². The van der Waals surface area contributed by atoms with E-state index in [4.69, 9.17) is 32.4 Å². The molecule has 26 heavy (non-hydrogen) atoms. The van der Waals surface area contributed by atoms with Crippen molar-refractivity contribution in [3.8, 4) is 5.75 Å².